The summed E-state index contributed by atoms with van der Waals surface area (Å²) in [4.78, 5) is 14.2. The van der Waals surface area contributed by atoms with Gasteiger partial charge in [0.25, 0.3) is 10.0 Å². The molecule has 1 aromatic rings. The highest BCUT2D eigenvalue weighted by Gasteiger charge is 2.28. The van der Waals surface area contributed by atoms with Crippen molar-refractivity contribution in [1.82, 2.24) is 9.71 Å². The molecule has 0 aliphatic heterocycles. The van der Waals surface area contributed by atoms with Gasteiger partial charge in [-0.3, -0.25) is 0 Å². The van der Waals surface area contributed by atoms with E-state index in [0.717, 1.165) is 19.0 Å². The van der Waals surface area contributed by atoms with Crippen LogP contribution in [-0.4, -0.2) is 30.5 Å². The van der Waals surface area contributed by atoms with Gasteiger partial charge in [0.05, 0.1) is 5.56 Å². The molecule has 16 heavy (non-hydrogen) atoms. The van der Waals surface area contributed by atoms with Crippen molar-refractivity contribution in [2.45, 2.75) is 23.9 Å². The Bertz CT molecular complexity index is 505. The number of carboxylic acid groups (broad SMARTS) is 1. The van der Waals surface area contributed by atoms with Crippen LogP contribution in [-0.2, 0) is 10.0 Å². The maximum absolute atomic E-state index is 11.6. The fourth-order valence-corrected chi connectivity index (χ4v) is 2.38. The molecule has 1 fully saturated rings. The third-order valence-electron chi connectivity index (χ3n) is 2.16. The van der Waals surface area contributed by atoms with Crippen LogP contribution in [0.2, 0.25) is 0 Å². The smallest absolute Gasteiger partial charge is 0.337 e. The number of hydrogen-bond donors (Lipinski definition) is 2. The monoisotopic (exact) mass is 242 g/mol. The van der Waals surface area contributed by atoms with Crippen LogP contribution in [0.3, 0.4) is 0 Å². The fraction of sp³-hybridized carbons (Fsp3) is 0.333. The first kappa shape index (κ1) is 11.0. The Morgan fingerprint density at radius 1 is 1.44 bits per heavy atom. The second-order valence-electron chi connectivity index (χ2n) is 3.59. The predicted molar refractivity (Wildman–Crippen MR) is 54.5 cm³/mol. The second kappa shape index (κ2) is 3.84. The third-order valence-corrected chi connectivity index (χ3v) is 3.59. The summed E-state index contributed by atoms with van der Waals surface area (Å²) >= 11 is 0. The topological polar surface area (TPSA) is 96.4 Å². The first-order valence-corrected chi connectivity index (χ1v) is 6.19. The standard InChI is InChI=1S/C9H10N2O4S/c12-9(13)6-1-4-8(10-5-6)16(14,15)11-7-2-3-7/h1,4-5,7,11H,2-3H2,(H,12,13). The minimum Gasteiger partial charge on any atom is -0.478 e. The van der Waals surface area contributed by atoms with Crippen molar-refractivity contribution < 1.29 is 18.3 Å². The molecule has 2 rings (SSSR count). The molecule has 86 valence electrons. The number of aromatic nitrogens is 1. The normalized spacial score (nSPS) is 16.0. The van der Waals surface area contributed by atoms with Gasteiger partial charge in [-0.15, -0.1) is 0 Å². The lowest BCUT2D eigenvalue weighted by Crippen LogP contribution is -2.26. The van der Waals surface area contributed by atoms with E-state index in [-0.39, 0.29) is 16.6 Å². The lowest BCUT2D eigenvalue weighted by atomic mass is 10.3. The van der Waals surface area contributed by atoms with Crippen LogP contribution >= 0.6 is 0 Å². The van der Waals surface area contributed by atoms with Gasteiger partial charge >= 0.3 is 5.97 Å². The summed E-state index contributed by atoms with van der Waals surface area (Å²) in [5.74, 6) is -1.13. The van der Waals surface area contributed by atoms with Gasteiger partial charge in [0.1, 0.15) is 0 Å². The molecule has 1 saturated carbocycles. The summed E-state index contributed by atoms with van der Waals surface area (Å²) < 4.78 is 25.7. The fourth-order valence-electron chi connectivity index (χ4n) is 1.15. The van der Waals surface area contributed by atoms with Crippen molar-refractivity contribution in [1.29, 1.82) is 0 Å². The van der Waals surface area contributed by atoms with Crippen molar-refractivity contribution in [3.8, 4) is 0 Å². The van der Waals surface area contributed by atoms with Gasteiger partial charge in [0.2, 0.25) is 0 Å². The van der Waals surface area contributed by atoms with E-state index in [1.54, 1.807) is 0 Å². The van der Waals surface area contributed by atoms with Gasteiger partial charge in [0, 0.05) is 12.2 Å². The van der Waals surface area contributed by atoms with Crippen molar-refractivity contribution in [3.05, 3.63) is 23.9 Å². The van der Waals surface area contributed by atoms with E-state index in [4.69, 9.17) is 5.11 Å². The Morgan fingerprint density at radius 3 is 2.56 bits per heavy atom. The van der Waals surface area contributed by atoms with Crippen molar-refractivity contribution in [3.63, 3.8) is 0 Å². The Kier molecular flexibility index (Phi) is 2.64. The first-order chi connectivity index (χ1) is 7.49. The number of pyridine rings is 1. The number of nitrogens with one attached hydrogen (secondary N) is 1. The second-order valence-corrected chi connectivity index (χ2v) is 5.25. The van der Waals surface area contributed by atoms with Crippen LogP contribution in [0.25, 0.3) is 0 Å². The molecule has 0 bridgehead atoms. The van der Waals surface area contributed by atoms with Gasteiger partial charge in [-0.2, -0.15) is 0 Å². The van der Waals surface area contributed by atoms with Crippen LogP contribution in [0.4, 0.5) is 0 Å². The summed E-state index contributed by atoms with van der Waals surface area (Å²) in [6.07, 6.45) is 2.71. The van der Waals surface area contributed by atoms with Crippen LogP contribution in [0.5, 0.6) is 0 Å². The van der Waals surface area contributed by atoms with Gasteiger partial charge in [-0.25, -0.2) is 22.9 Å². The van der Waals surface area contributed by atoms with Gasteiger partial charge in [0.15, 0.2) is 5.03 Å². The molecule has 1 aromatic heterocycles. The van der Waals surface area contributed by atoms with E-state index in [1.807, 2.05) is 0 Å². The summed E-state index contributed by atoms with van der Waals surface area (Å²) in [5.41, 5.74) is -0.0367. The molecule has 0 radical (unpaired) electrons. The third kappa shape index (κ3) is 2.37. The summed E-state index contributed by atoms with van der Waals surface area (Å²) in [6, 6.07) is 2.41. The molecule has 0 spiro atoms. The van der Waals surface area contributed by atoms with Crippen LogP contribution < -0.4 is 4.72 Å². The number of carboxylic acids is 1. The molecule has 0 amide bonds. The zero-order chi connectivity index (χ0) is 11.8. The Balaban J connectivity index is 2.23. The molecule has 1 heterocycles. The van der Waals surface area contributed by atoms with Crippen molar-refractivity contribution in [2.24, 2.45) is 0 Å². The molecule has 1 aliphatic carbocycles. The predicted octanol–water partition coefficient (Wildman–Crippen LogP) is 0.220. The largest absolute Gasteiger partial charge is 0.478 e. The average molecular weight is 242 g/mol. The molecule has 0 aromatic carbocycles. The van der Waals surface area contributed by atoms with E-state index in [0.29, 0.717) is 0 Å². The highest BCUT2D eigenvalue weighted by atomic mass is 32.2. The Morgan fingerprint density at radius 2 is 2.12 bits per heavy atom. The first-order valence-electron chi connectivity index (χ1n) is 4.71. The molecule has 0 unspecified atom stereocenters. The number of hydrogen-bond acceptors (Lipinski definition) is 4. The van der Waals surface area contributed by atoms with Crippen LogP contribution in [0.1, 0.15) is 23.2 Å². The minimum atomic E-state index is -3.59. The number of carbonyl (C=O) groups is 1. The van der Waals surface area contributed by atoms with E-state index >= 15 is 0 Å². The van der Waals surface area contributed by atoms with Crippen LogP contribution in [0.15, 0.2) is 23.4 Å². The van der Waals surface area contributed by atoms with E-state index < -0.39 is 16.0 Å². The average Bonchev–Trinajstić information content (AvgIpc) is 3.01. The molecule has 0 atom stereocenters. The van der Waals surface area contributed by atoms with Gasteiger partial charge in [-0.05, 0) is 25.0 Å². The Labute approximate surface area is 92.4 Å². The summed E-state index contributed by atoms with van der Waals surface area (Å²) in [6.45, 7) is 0. The van der Waals surface area contributed by atoms with Gasteiger partial charge in [-0.1, -0.05) is 0 Å². The quantitative estimate of drug-likeness (QED) is 0.787. The number of aromatic carboxylic acids is 1. The highest BCUT2D eigenvalue weighted by molar-refractivity contribution is 7.89. The molecular weight excluding hydrogens is 232 g/mol. The lowest BCUT2D eigenvalue weighted by Gasteiger charge is -2.04. The SMILES string of the molecule is O=C(O)c1ccc(S(=O)(=O)NC2CC2)nc1. The van der Waals surface area contributed by atoms with Crippen molar-refractivity contribution >= 4 is 16.0 Å². The minimum absolute atomic E-state index is 0.00551. The molecule has 6 nitrogen and oxygen atoms in total. The molecule has 2 N–H and O–H groups in total. The zero-order valence-electron chi connectivity index (χ0n) is 8.25. The van der Waals surface area contributed by atoms with E-state index in [1.165, 1.54) is 12.1 Å². The maximum Gasteiger partial charge on any atom is 0.337 e. The van der Waals surface area contributed by atoms with E-state index in [9.17, 15) is 13.2 Å². The molecule has 1 aliphatic rings. The Hall–Kier alpha value is -1.47. The lowest BCUT2D eigenvalue weighted by molar-refractivity contribution is 0.0696. The molecule has 0 saturated heterocycles. The summed E-state index contributed by atoms with van der Waals surface area (Å²) in [5, 5.41) is 8.48. The number of sulfonamides is 1. The van der Waals surface area contributed by atoms with Crippen LogP contribution in [0, 0.1) is 0 Å². The maximum atomic E-state index is 11.6. The molecular formula is C9H10N2O4S. The molecule has 7 heteroatoms. The zero-order valence-corrected chi connectivity index (χ0v) is 9.07. The summed E-state index contributed by atoms with van der Waals surface area (Å²) in [7, 11) is -3.59. The number of nitrogens with zero attached hydrogens (tertiary/aromatic N) is 1. The van der Waals surface area contributed by atoms with Gasteiger partial charge < -0.3 is 5.11 Å². The van der Waals surface area contributed by atoms with Crippen molar-refractivity contribution in [2.75, 3.05) is 0 Å². The highest BCUT2D eigenvalue weighted by Crippen LogP contribution is 2.21. The van der Waals surface area contributed by atoms with E-state index in [2.05, 4.69) is 9.71 Å². The number of rotatable bonds is 4.